The van der Waals surface area contributed by atoms with E-state index in [0.29, 0.717) is 5.92 Å². The van der Waals surface area contributed by atoms with E-state index in [1.54, 1.807) is 7.11 Å². The maximum Gasteiger partial charge on any atom is 0.118 e. The third-order valence-corrected chi connectivity index (χ3v) is 4.62. The van der Waals surface area contributed by atoms with Gasteiger partial charge in [0.05, 0.1) is 12.1 Å². The maximum absolute atomic E-state index is 5.59. The monoisotopic (exact) mass is 321 g/mol. The smallest absolute Gasteiger partial charge is 0.118 e. The van der Waals surface area contributed by atoms with Gasteiger partial charge in [-0.2, -0.15) is 0 Å². The van der Waals surface area contributed by atoms with Crippen LogP contribution in [0.15, 0.2) is 24.3 Å². The quantitative estimate of drug-likeness (QED) is 0.429. The molecule has 3 heteroatoms. The third-order valence-electron chi connectivity index (χ3n) is 4.15. The lowest BCUT2D eigenvalue weighted by atomic mass is 9.97. The summed E-state index contributed by atoms with van der Waals surface area (Å²) < 4.78 is 5.18. The first-order valence-electron chi connectivity index (χ1n) is 8.61. The fourth-order valence-corrected chi connectivity index (χ4v) is 2.95. The SMILES string of the molecule is CCCCCCCC(CC)C(=S)NCc1ccc(OC)cc1. The summed E-state index contributed by atoms with van der Waals surface area (Å²) in [6, 6.07) is 8.15. The van der Waals surface area contributed by atoms with Gasteiger partial charge in [-0.05, 0) is 30.5 Å². The second-order valence-electron chi connectivity index (χ2n) is 5.87. The molecular formula is C19H31NOS. The Labute approximate surface area is 141 Å². The minimum absolute atomic E-state index is 0.523. The van der Waals surface area contributed by atoms with Crippen molar-refractivity contribution < 1.29 is 4.74 Å². The highest BCUT2D eigenvalue weighted by Gasteiger charge is 2.11. The minimum Gasteiger partial charge on any atom is -0.497 e. The summed E-state index contributed by atoms with van der Waals surface area (Å²) in [4.78, 5) is 1.02. The average Bonchev–Trinajstić information content (AvgIpc) is 2.56. The molecule has 1 unspecified atom stereocenters. The molecule has 0 amide bonds. The third kappa shape index (κ3) is 7.26. The van der Waals surface area contributed by atoms with E-state index in [-0.39, 0.29) is 0 Å². The van der Waals surface area contributed by atoms with Gasteiger partial charge in [0.1, 0.15) is 5.75 Å². The lowest BCUT2D eigenvalue weighted by Crippen LogP contribution is -2.28. The van der Waals surface area contributed by atoms with Crippen LogP contribution in [0.4, 0.5) is 0 Å². The van der Waals surface area contributed by atoms with E-state index in [0.717, 1.165) is 23.7 Å². The number of hydrogen-bond acceptors (Lipinski definition) is 2. The normalized spacial score (nSPS) is 12.0. The average molecular weight is 322 g/mol. The van der Waals surface area contributed by atoms with Crippen LogP contribution in [0, 0.1) is 5.92 Å². The molecule has 0 aliphatic heterocycles. The number of thiocarbonyl (C=S) groups is 1. The maximum atomic E-state index is 5.59. The Hall–Kier alpha value is -1.09. The topological polar surface area (TPSA) is 21.3 Å². The first-order valence-corrected chi connectivity index (χ1v) is 9.02. The van der Waals surface area contributed by atoms with Crippen LogP contribution in [0.25, 0.3) is 0 Å². The van der Waals surface area contributed by atoms with Crippen LogP contribution in [0.3, 0.4) is 0 Å². The van der Waals surface area contributed by atoms with Crippen LogP contribution < -0.4 is 10.1 Å². The molecule has 1 N–H and O–H groups in total. The zero-order chi connectivity index (χ0) is 16.2. The number of rotatable bonds is 11. The van der Waals surface area contributed by atoms with Crippen molar-refractivity contribution in [2.75, 3.05) is 7.11 Å². The number of ether oxygens (including phenoxy) is 1. The van der Waals surface area contributed by atoms with Crippen molar-refractivity contribution in [1.29, 1.82) is 0 Å². The molecule has 1 atom stereocenters. The van der Waals surface area contributed by atoms with Crippen LogP contribution in [0.2, 0.25) is 0 Å². The standard InChI is InChI=1S/C19H31NOS/c1-4-6-7-8-9-10-17(5-2)19(22)20-15-16-11-13-18(21-3)14-12-16/h11-14,17H,4-10,15H2,1-3H3,(H,20,22). The molecule has 0 fully saturated rings. The molecule has 2 nitrogen and oxygen atoms in total. The molecule has 22 heavy (non-hydrogen) atoms. The zero-order valence-corrected chi connectivity index (χ0v) is 15.2. The van der Waals surface area contributed by atoms with E-state index >= 15 is 0 Å². The lowest BCUT2D eigenvalue weighted by Gasteiger charge is -2.18. The summed E-state index contributed by atoms with van der Waals surface area (Å²) >= 11 is 5.59. The van der Waals surface area contributed by atoms with Gasteiger partial charge < -0.3 is 10.1 Å². The molecule has 0 aliphatic carbocycles. The highest BCUT2D eigenvalue weighted by Crippen LogP contribution is 2.17. The summed E-state index contributed by atoms with van der Waals surface area (Å²) in [7, 11) is 1.69. The van der Waals surface area contributed by atoms with Gasteiger partial charge >= 0.3 is 0 Å². The van der Waals surface area contributed by atoms with Gasteiger partial charge in [0, 0.05) is 12.5 Å². The van der Waals surface area contributed by atoms with Gasteiger partial charge in [-0.15, -0.1) is 0 Å². The van der Waals surface area contributed by atoms with Crippen LogP contribution in [-0.2, 0) is 6.54 Å². The molecule has 1 aromatic rings. The number of benzene rings is 1. The Balaban J connectivity index is 2.31. The van der Waals surface area contributed by atoms with Gasteiger partial charge in [-0.1, -0.05) is 70.3 Å². The summed E-state index contributed by atoms with van der Waals surface area (Å²) in [5, 5.41) is 3.43. The van der Waals surface area contributed by atoms with Crippen LogP contribution in [0.1, 0.15) is 64.4 Å². The Bertz CT molecular complexity index is 416. The Morgan fingerprint density at radius 1 is 1.09 bits per heavy atom. The van der Waals surface area contributed by atoms with Crippen molar-refractivity contribution in [1.82, 2.24) is 5.32 Å². The van der Waals surface area contributed by atoms with Gasteiger partial charge in [0.25, 0.3) is 0 Å². The largest absolute Gasteiger partial charge is 0.497 e. The van der Waals surface area contributed by atoms with Crippen molar-refractivity contribution in [3.63, 3.8) is 0 Å². The Morgan fingerprint density at radius 2 is 1.77 bits per heavy atom. The molecule has 124 valence electrons. The number of hydrogen-bond donors (Lipinski definition) is 1. The predicted octanol–water partition coefficient (Wildman–Crippen LogP) is 5.50. The zero-order valence-electron chi connectivity index (χ0n) is 14.4. The van der Waals surface area contributed by atoms with E-state index in [4.69, 9.17) is 17.0 Å². The van der Waals surface area contributed by atoms with E-state index in [1.807, 2.05) is 12.1 Å². The van der Waals surface area contributed by atoms with Crippen molar-refractivity contribution in [2.45, 2.75) is 65.3 Å². The van der Waals surface area contributed by atoms with Crippen molar-refractivity contribution in [2.24, 2.45) is 5.92 Å². The van der Waals surface area contributed by atoms with E-state index in [9.17, 15) is 0 Å². The second kappa shape index (κ2) is 11.5. The molecule has 1 rings (SSSR count). The Kier molecular flexibility index (Phi) is 9.89. The number of unbranched alkanes of at least 4 members (excludes halogenated alkanes) is 4. The minimum atomic E-state index is 0.523. The molecule has 0 aromatic heterocycles. The summed E-state index contributed by atoms with van der Waals surface area (Å²) in [5.41, 5.74) is 1.24. The van der Waals surface area contributed by atoms with Crippen molar-refractivity contribution in [3.05, 3.63) is 29.8 Å². The predicted molar refractivity (Wildman–Crippen MR) is 99.6 cm³/mol. The fourth-order valence-electron chi connectivity index (χ4n) is 2.59. The van der Waals surface area contributed by atoms with Gasteiger partial charge in [0.15, 0.2) is 0 Å². The molecule has 0 saturated carbocycles. The highest BCUT2D eigenvalue weighted by molar-refractivity contribution is 7.80. The molecule has 0 heterocycles. The summed E-state index contributed by atoms with van der Waals surface area (Å²) in [5.74, 6) is 1.42. The summed E-state index contributed by atoms with van der Waals surface area (Å²) in [6.45, 7) is 5.29. The van der Waals surface area contributed by atoms with Crippen LogP contribution in [-0.4, -0.2) is 12.1 Å². The molecule has 0 aliphatic rings. The fraction of sp³-hybridized carbons (Fsp3) is 0.632. The van der Waals surface area contributed by atoms with E-state index in [2.05, 4.69) is 31.3 Å². The molecular weight excluding hydrogens is 290 g/mol. The van der Waals surface area contributed by atoms with Gasteiger partial charge in [0.2, 0.25) is 0 Å². The molecule has 0 bridgehead atoms. The van der Waals surface area contributed by atoms with Gasteiger partial charge in [-0.25, -0.2) is 0 Å². The van der Waals surface area contributed by atoms with Gasteiger partial charge in [-0.3, -0.25) is 0 Å². The first-order chi connectivity index (χ1) is 10.7. The van der Waals surface area contributed by atoms with Crippen LogP contribution in [0.5, 0.6) is 5.75 Å². The Morgan fingerprint density at radius 3 is 2.36 bits per heavy atom. The van der Waals surface area contributed by atoms with E-state index in [1.165, 1.54) is 44.1 Å². The first kappa shape index (κ1) is 19.0. The van der Waals surface area contributed by atoms with E-state index < -0.39 is 0 Å². The molecule has 1 aromatic carbocycles. The molecule has 0 spiro atoms. The number of methoxy groups -OCH3 is 1. The number of nitrogens with one attached hydrogen (secondary N) is 1. The molecule has 0 saturated heterocycles. The van der Waals surface area contributed by atoms with Crippen LogP contribution >= 0.6 is 12.2 Å². The lowest BCUT2D eigenvalue weighted by molar-refractivity contribution is 0.414. The highest BCUT2D eigenvalue weighted by atomic mass is 32.1. The summed E-state index contributed by atoms with van der Waals surface area (Å²) in [6.07, 6.45) is 9.00. The molecule has 0 radical (unpaired) electrons. The van der Waals surface area contributed by atoms with Crippen molar-refractivity contribution in [3.8, 4) is 5.75 Å². The van der Waals surface area contributed by atoms with Crippen molar-refractivity contribution >= 4 is 17.2 Å². The second-order valence-corrected chi connectivity index (χ2v) is 6.31.